The molecule has 0 aliphatic carbocycles. The second kappa shape index (κ2) is 6.20. The van der Waals surface area contributed by atoms with E-state index in [1.165, 1.54) is 30.3 Å². The van der Waals surface area contributed by atoms with Crippen LogP contribution in [-0.2, 0) is 6.18 Å². The van der Waals surface area contributed by atoms with Crippen molar-refractivity contribution in [3.05, 3.63) is 65.9 Å². The van der Waals surface area contributed by atoms with E-state index in [1.807, 2.05) is 0 Å². The molecule has 0 amide bonds. The van der Waals surface area contributed by atoms with Crippen LogP contribution < -0.4 is 0 Å². The minimum atomic E-state index is -4.54. The molecule has 1 heterocycles. The molecular weight excluding hydrogens is 303 g/mol. The molecule has 0 bridgehead atoms. The van der Waals surface area contributed by atoms with E-state index < -0.39 is 11.7 Å². The van der Waals surface area contributed by atoms with Gasteiger partial charge < -0.3 is 0 Å². The van der Waals surface area contributed by atoms with Crippen molar-refractivity contribution in [3.63, 3.8) is 0 Å². The van der Waals surface area contributed by atoms with Gasteiger partial charge in [-0.05, 0) is 24.6 Å². The van der Waals surface area contributed by atoms with Crippen molar-refractivity contribution in [2.45, 2.75) is 13.1 Å². The number of pyridine rings is 1. The van der Waals surface area contributed by atoms with Gasteiger partial charge in [-0.3, -0.25) is 4.79 Å². The van der Waals surface area contributed by atoms with Crippen molar-refractivity contribution >= 4 is 17.9 Å². The number of rotatable bonds is 4. The maximum absolute atomic E-state index is 13.2. The third-order valence-electron chi connectivity index (χ3n) is 3.32. The summed E-state index contributed by atoms with van der Waals surface area (Å²) in [6.45, 7) is 9.10. The van der Waals surface area contributed by atoms with E-state index in [0.29, 0.717) is 23.1 Å². The molecule has 1 aromatic heterocycles. The zero-order valence-electron chi connectivity index (χ0n) is 12.4. The van der Waals surface area contributed by atoms with Gasteiger partial charge in [0.2, 0.25) is 0 Å². The lowest BCUT2D eigenvalue weighted by atomic mass is 9.97. The molecule has 2 rings (SSSR count). The maximum Gasteiger partial charge on any atom is 0.417 e. The van der Waals surface area contributed by atoms with E-state index in [-0.39, 0.29) is 16.8 Å². The molecule has 0 atom stereocenters. The summed E-state index contributed by atoms with van der Waals surface area (Å²) >= 11 is 0. The first-order chi connectivity index (χ1) is 10.8. The monoisotopic (exact) mass is 317 g/mol. The Kier molecular flexibility index (Phi) is 4.50. The molecule has 0 aliphatic heterocycles. The molecule has 0 unspecified atom stereocenters. The van der Waals surface area contributed by atoms with Gasteiger partial charge in [0.25, 0.3) is 0 Å². The minimum absolute atomic E-state index is 0.0171. The Morgan fingerprint density at radius 2 is 1.87 bits per heavy atom. The fraction of sp³-hybridized carbons (Fsp3) is 0.111. The van der Waals surface area contributed by atoms with E-state index in [0.717, 1.165) is 6.07 Å². The number of carbonyl (C=O) groups is 1. The van der Waals surface area contributed by atoms with Crippen LogP contribution in [0.1, 0.15) is 34.1 Å². The lowest BCUT2D eigenvalue weighted by Gasteiger charge is -2.15. The molecule has 2 aromatic rings. The van der Waals surface area contributed by atoms with Gasteiger partial charge in [-0.2, -0.15) is 13.2 Å². The first kappa shape index (κ1) is 16.7. The molecule has 0 radical (unpaired) electrons. The molecule has 2 nitrogen and oxygen atoms in total. The number of halogens is 3. The molecule has 0 saturated heterocycles. The van der Waals surface area contributed by atoms with Crippen LogP contribution in [0.4, 0.5) is 13.2 Å². The molecular formula is C18H14F3NO. The molecule has 0 fully saturated rings. The fourth-order valence-corrected chi connectivity index (χ4v) is 2.28. The highest BCUT2D eigenvalue weighted by Crippen LogP contribution is 2.38. The highest BCUT2D eigenvalue weighted by molar-refractivity contribution is 5.89. The van der Waals surface area contributed by atoms with E-state index in [4.69, 9.17) is 0 Å². The number of nitrogens with zero attached hydrogens (tertiary/aromatic N) is 1. The number of hydrogen-bond donors (Lipinski definition) is 0. The van der Waals surface area contributed by atoms with Crippen LogP contribution in [0.2, 0.25) is 0 Å². The molecule has 0 spiro atoms. The van der Waals surface area contributed by atoms with Gasteiger partial charge >= 0.3 is 6.18 Å². The first-order valence-corrected chi connectivity index (χ1v) is 6.74. The SMILES string of the molecule is C=Cc1cc(C=O)c(-c2ccccc2C(F)(F)F)nc1C(=C)C. The molecule has 1 aromatic carbocycles. The van der Waals surface area contributed by atoms with Crippen molar-refractivity contribution in [1.82, 2.24) is 4.98 Å². The van der Waals surface area contributed by atoms with Crippen LogP contribution in [0.25, 0.3) is 22.9 Å². The molecule has 0 N–H and O–H groups in total. The normalized spacial score (nSPS) is 11.1. The summed E-state index contributed by atoms with van der Waals surface area (Å²) in [7, 11) is 0. The third kappa shape index (κ3) is 3.23. The van der Waals surface area contributed by atoms with Gasteiger partial charge in [-0.1, -0.05) is 37.4 Å². The number of aromatic nitrogens is 1. The molecule has 5 heteroatoms. The molecule has 0 saturated carbocycles. The summed E-state index contributed by atoms with van der Waals surface area (Å²) in [5.74, 6) is 0. The Bertz CT molecular complexity index is 791. The Morgan fingerprint density at radius 1 is 1.22 bits per heavy atom. The Morgan fingerprint density at radius 3 is 2.39 bits per heavy atom. The second-order valence-electron chi connectivity index (χ2n) is 5.01. The van der Waals surface area contributed by atoms with Crippen molar-refractivity contribution < 1.29 is 18.0 Å². The molecule has 23 heavy (non-hydrogen) atoms. The number of hydrogen-bond acceptors (Lipinski definition) is 2. The van der Waals surface area contributed by atoms with Gasteiger partial charge in [0, 0.05) is 16.7 Å². The van der Waals surface area contributed by atoms with Crippen LogP contribution >= 0.6 is 0 Å². The topological polar surface area (TPSA) is 30.0 Å². The Labute approximate surface area is 132 Å². The summed E-state index contributed by atoms with van der Waals surface area (Å²) in [4.78, 5) is 15.6. The minimum Gasteiger partial charge on any atom is -0.298 e. The summed E-state index contributed by atoms with van der Waals surface area (Å²) in [6, 6.07) is 6.51. The van der Waals surface area contributed by atoms with Crippen molar-refractivity contribution in [3.8, 4) is 11.3 Å². The quantitative estimate of drug-likeness (QED) is 0.720. The van der Waals surface area contributed by atoms with Gasteiger partial charge in [-0.15, -0.1) is 0 Å². The van der Waals surface area contributed by atoms with Gasteiger partial charge in [0.1, 0.15) is 0 Å². The zero-order chi connectivity index (χ0) is 17.2. The highest BCUT2D eigenvalue weighted by atomic mass is 19.4. The summed E-state index contributed by atoms with van der Waals surface area (Å²) in [6.07, 6.45) is -2.56. The smallest absolute Gasteiger partial charge is 0.298 e. The van der Waals surface area contributed by atoms with Crippen LogP contribution in [0.5, 0.6) is 0 Å². The highest BCUT2D eigenvalue weighted by Gasteiger charge is 2.34. The Balaban J connectivity index is 2.84. The number of aldehydes is 1. The van der Waals surface area contributed by atoms with Crippen molar-refractivity contribution in [2.75, 3.05) is 0 Å². The second-order valence-corrected chi connectivity index (χ2v) is 5.01. The number of benzene rings is 1. The fourth-order valence-electron chi connectivity index (χ4n) is 2.28. The average Bonchev–Trinajstić information content (AvgIpc) is 2.52. The molecule has 118 valence electrons. The number of carbonyl (C=O) groups excluding carboxylic acids is 1. The van der Waals surface area contributed by atoms with Gasteiger partial charge in [0.05, 0.1) is 17.0 Å². The van der Waals surface area contributed by atoms with Gasteiger partial charge in [0.15, 0.2) is 6.29 Å². The standard InChI is InChI=1S/C18H14F3NO/c1-4-12-9-13(10-23)17(22-16(12)11(2)3)14-7-5-6-8-15(14)18(19,20)21/h4-10H,1-2H2,3H3. The lowest BCUT2D eigenvalue weighted by molar-refractivity contribution is -0.137. The lowest BCUT2D eigenvalue weighted by Crippen LogP contribution is -2.09. The molecule has 0 aliphatic rings. The van der Waals surface area contributed by atoms with E-state index in [2.05, 4.69) is 18.1 Å². The van der Waals surface area contributed by atoms with Gasteiger partial charge in [-0.25, -0.2) is 4.98 Å². The van der Waals surface area contributed by atoms with Crippen molar-refractivity contribution in [1.29, 1.82) is 0 Å². The predicted octanol–water partition coefficient (Wildman–Crippen LogP) is 5.26. The summed E-state index contributed by atoms with van der Waals surface area (Å²) in [5.41, 5.74) is 0.612. The first-order valence-electron chi connectivity index (χ1n) is 6.74. The largest absolute Gasteiger partial charge is 0.417 e. The van der Waals surface area contributed by atoms with E-state index >= 15 is 0 Å². The van der Waals surface area contributed by atoms with Crippen molar-refractivity contribution in [2.24, 2.45) is 0 Å². The van der Waals surface area contributed by atoms with Crippen LogP contribution in [0, 0.1) is 0 Å². The van der Waals surface area contributed by atoms with E-state index in [9.17, 15) is 18.0 Å². The van der Waals surface area contributed by atoms with Crippen LogP contribution in [0.15, 0.2) is 43.5 Å². The maximum atomic E-state index is 13.2. The number of allylic oxidation sites excluding steroid dienone is 1. The zero-order valence-corrected chi connectivity index (χ0v) is 12.4. The third-order valence-corrected chi connectivity index (χ3v) is 3.32. The Hall–Kier alpha value is -2.69. The van der Waals surface area contributed by atoms with Crippen LogP contribution in [-0.4, -0.2) is 11.3 Å². The number of alkyl halides is 3. The predicted molar refractivity (Wildman–Crippen MR) is 84.9 cm³/mol. The summed E-state index contributed by atoms with van der Waals surface area (Å²) in [5, 5.41) is 0. The average molecular weight is 317 g/mol. The summed E-state index contributed by atoms with van der Waals surface area (Å²) < 4.78 is 39.7. The van der Waals surface area contributed by atoms with E-state index in [1.54, 1.807) is 6.92 Å². The van der Waals surface area contributed by atoms with Crippen LogP contribution in [0.3, 0.4) is 0 Å².